The van der Waals surface area contributed by atoms with Crippen LogP contribution >= 0.6 is 0 Å². The summed E-state index contributed by atoms with van der Waals surface area (Å²) in [4.78, 5) is 25.9. The first-order chi connectivity index (χ1) is 13.4. The number of sulfonamides is 1. The Morgan fingerprint density at radius 3 is 2.36 bits per heavy atom. The molecule has 0 aliphatic carbocycles. The molecule has 0 fully saturated rings. The largest absolute Gasteiger partial charge is 0.355 e. The van der Waals surface area contributed by atoms with E-state index in [4.69, 9.17) is 0 Å². The molecule has 0 bridgehead atoms. The minimum atomic E-state index is -3.78. The topological polar surface area (TPSA) is 95.6 Å². The molecule has 150 valence electrons. The van der Waals surface area contributed by atoms with Crippen LogP contribution in [-0.2, 0) is 21.4 Å². The predicted octanol–water partition coefficient (Wildman–Crippen LogP) is 1.76. The molecule has 0 unspecified atom stereocenters. The highest BCUT2D eigenvalue weighted by Crippen LogP contribution is 2.14. The van der Waals surface area contributed by atoms with Gasteiger partial charge in [0.05, 0.1) is 11.4 Å². The van der Waals surface area contributed by atoms with Gasteiger partial charge in [-0.2, -0.15) is 0 Å². The van der Waals surface area contributed by atoms with Crippen LogP contribution in [0.4, 0.5) is 0 Å². The van der Waals surface area contributed by atoms with E-state index in [0.29, 0.717) is 13.1 Å². The molecule has 0 spiro atoms. The highest BCUT2D eigenvalue weighted by atomic mass is 32.2. The SMILES string of the molecule is CCNC(=O)CN(CC)C(=O)c1cccc(S(=O)(=O)NCc2ccccc2)c1. The molecule has 8 heteroatoms. The molecular formula is C20H25N3O4S. The first-order valence-electron chi connectivity index (χ1n) is 9.07. The summed E-state index contributed by atoms with van der Waals surface area (Å²) in [5.41, 5.74) is 1.05. The van der Waals surface area contributed by atoms with E-state index >= 15 is 0 Å². The fraction of sp³-hybridized carbons (Fsp3) is 0.300. The van der Waals surface area contributed by atoms with Crippen LogP contribution in [0.5, 0.6) is 0 Å². The highest BCUT2D eigenvalue weighted by Gasteiger charge is 2.20. The van der Waals surface area contributed by atoms with Crippen molar-refractivity contribution in [3.8, 4) is 0 Å². The Kier molecular flexibility index (Phi) is 7.71. The van der Waals surface area contributed by atoms with Crippen molar-refractivity contribution in [3.05, 3.63) is 65.7 Å². The van der Waals surface area contributed by atoms with Gasteiger partial charge in [0.15, 0.2) is 0 Å². The first kappa shape index (κ1) is 21.6. The van der Waals surface area contributed by atoms with Crippen LogP contribution < -0.4 is 10.0 Å². The Labute approximate surface area is 165 Å². The quantitative estimate of drug-likeness (QED) is 0.667. The summed E-state index contributed by atoms with van der Waals surface area (Å²) in [5, 5.41) is 2.65. The van der Waals surface area contributed by atoms with Crippen molar-refractivity contribution in [2.45, 2.75) is 25.3 Å². The number of hydrogen-bond acceptors (Lipinski definition) is 4. The Bertz CT molecular complexity index is 914. The number of benzene rings is 2. The van der Waals surface area contributed by atoms with Crippen LogP contribution in [0.15, 0.2) is 59.5 Å². The van der Waals surface area contributed by atoms with Crippen LogP contribution in [0.3, 0.4) is 0 Å². The summed E-state index contributed by atoms with van der Waals surface area (Å²) < 4.78 is 27.7. The molecule has 0 aliphatic rings. The smallest absolute Gasteiger partial charge is 0.254 e. The van der Waals surface area contributed by atoms with Gasteiger partial charge >= 0.3 is 0 Å². The Morgan fingerprint density at radius 1 is 1.00 bits per heavy atom. The summed E-state index contributed by atoms with van der Waals surface area (Å²) in [7, 11) is -3.78. The molecule has 0 heterocycles. The second-order valence-electron chi connectivity index (χ2n) is 6.11. The molecule has 2 rings (SSSR count). The molecule has 7 nitrogen and oxygen atoms in total. The van der Waals surface area contributed by atoms with Gasteiger partial charge in [0.2, 0.25) is 15.9 Å². The lowest BCUT2D eigenvalue weighted by atomic mass is 10.2. The lowest BCUT2D eigenvalue weighted by molar-refractivity contribution is -0.121. The molecule has 2 N–H and O–H groups in total. The molecular weight excluding hydrogens is 378 g/mol. The fourth-order valence-corrected chi connectivity index (χ4v) is 3.65. The van der Waals surface area contributed by atoms with Gasteiger partial charge in [-0.05, 0) is 37.6 Å². The molecule has 0 atom stereocenters. The number of carbonyl (C=O) groups is 2. The second kappa shape index (κ2) is 10.0. The minimum Gasteiger partial charge on any atom is -0.355 e. The number of carbonyl (C=O) groups excluding carboxylic acids is 2. The third-order valence-corrected chi connectivity index (χ3v) is 5.48. The van der Waals surface area contributed by atoms with E-state index in [1.807, 2.05) is 30.3 Å². The molecule has 0 aliphatic heterocycles. The monoisotopic (exact) mass is 403 g/mol. The molecule has 0 saturated carbocycles. The minimum absolute atomic E-state index is 0.00310. The summed E-state index contributed by atoms with van der Waals surface area (Å²) in [6, 6.07) is 15.0. The fourth-order valence-electron chi connectivity index (χ4n) is 2.59. The standard InChI is InChI=1S/C20H25N3O4S/c1-3-21-19(24)15-23(4-2)20(25)17-11-8-12-18(13-17)28(26,27)22-14-16-9-6-5-7-10-16/h5-13,22H,3-4,14-15H2,1-2H3,(H,21,24). The van der Waals surface area contributed by atoms with E-state index in [-0.39, 0.29) is 29.5 Å². The van der Waals surface area contributed by atoms with Crippen LogP contribution in [0.1, 0.15) is 29.8 Å². The van der Waals surface area contributed by atoms with E-state index < -0.39 is 15.9 Å². The average molecular weight is 404 g/mol. The molecule has 2 amide bonds. The molecule has 2 aromatic carbocycles. The maximum absolute atomic E-state index is 12.7. The second-order valence-corrected chi connectivity index (χ2v) is 7.88. The zero-order valence-electron chi connectivity index (χ0n) is 16.0. The number of nitrogens with zero attached hydrogens (tertiary/aromatic N) is 1. The van der Waals surface area contributed by atoms with Gasteiger partial charge in [0.1, 0.15) is 0 Å². The number of amides is 2. The number of rotatable bonds is 9. The summed E-state index contributed by atoms with van der Waals surface area (Å²) in [6.07, 6.45) is 0. The van der Waals surface area contributed by atoms with Gasteiger partial charge in [-0.25, -0.2) is 13.1 Å². The maximum atomic E-state index is 12.7. The van der Waals surface area contributed by atoms with E-state index in [1.165, 1.54) is 23.1 Å². The Morgan fingerprint density at radius 2 is 1.71 bits per heavy atom. The molecule has 2 aromatic rings. The zero-order valence-corrected chi connectivity index (χ0v) is 16.8. The third-order valence-electron chi connectivity index (χ3n) is 4.08. The Balaban J connectivity index is 2.15. The van der Waals surface area contributed by atoms with Gasteiger partial charge in [-0.15, -0.1) is 0 Å². The van der Waals surface area contributed by atoms with Crippen LogP contribution in [0.2, 0.25) is 0 Å². The van der Waals surface area contributed by atoms with Crippen molar-refractivity contribution in [1.82, 2.24) is 14.9 Å². The number of hydrogen-bond donors (Lipinski definition) is 2. The van der Waals surface area contributed by atoms with Gasteiger partial charge in [-0.3, -0.25) is 9.59 Å². The van der Waals surface area contributed by atoms with E-state index in [1.54, 1.807) is 19.9 Å². The van der Waals surface area contributed by atoms with Crippen LogP contribution in [-0.4, -0.2) is 44.8 Å². The third kappa shape index (κ3) is 5.90. The molecule has 0 radical (unpaired) electrons. The van der Waals surface area contributed by atoms with E-state index in [0.717, 1.165) is 5.56 Å². The van der Waals surface area contributed by atoms with Crippen molar-refractivity contribution in [2.75, 3.05) is 19.6 Å². The van der Waals surface area contributed by atoms with Crippen LogP contribution in [0, 0.1) is 0 Å². The van der Waals surface area contributed by atoms with Gasteiger partial charge in [0, 0.05) is 25.2 Å². The Hall–Kier alpha value is -2.71. The summed E-state index contributed by atoms with van der Waals surface area (Å²) >= 11 is 0. The van der Waals surface area contributed by atoms with Crippen molar-refractivity contribution >= 4 is 21.8 Å². The number of likely N-dealkylation sites (N-methyl/N-ethyl adjacent to an activating group) is 2. The molecule has 28 heavy (non-hydrogen) atoms. The normalized spacial score (nSPS) is 11.1. The van der Waals surface area contributed by atoms with Crippen LogP contribution in [0.25, 0.3) is 0 Å². The lowest BCUT2D eigenvalue weighted by Crippen LogP contribution is -2.40. The van der Waals surface area contributed by atoms with Gasteiger partial charge < -0.3 is 10.2 Å². The van der Waals surface area contributed by atoms with Gasteiger partial charge in [0.25, 0.3) is 5.91 Å². The highest BCUT2D eigenvalue weighted by molar-refractivity contribution is 7.89. The molecule has 0 aromatic heterocycles. The maximum Gasteiger partial charge on any atom is 0.254 e. The van der Waals surface area contributed by atoms with Crippen molar-refractivity contribution in [2.24, 2.45) is 0 Å². The summed E-state index contributed by atoms with van der Waals surface area (Å²) in [5.74, 6) is -0.653. The number of nitrogens with one attached hydrogen (secondary N) is 2. The molecule has 0 saturated heterocycles. The van der Waals surface area contributed by atoms with E-state index in [9.17, 15) is 18.0 Å². The lowest BCUT2D eigenvalue weighted by Gasteiger charge is -2.20. The zero-order chi connectivity index (χ0) is 20.6. The average Bonchev–Trinajstić information content (AvgIpc) is 2.71. The predicted molar refractivity (Wildman–Crippen MR) is 107 cm³/mol. The van der Waals surface area contributed by atoms with Gasteiger partial charge in [-0.1, -0.05) is 36.4 Å². The van der Waals surface area contributed by atoms with Crippen molar-refractivity contribution < 1.29 is 18.0 Å². The van der Waals surface area contributed by atoms with E-state index in [2.05, 4.69) is 10.0 Å². The summed E-state index contributed by atoms with van der Waals surface area (Å²) in [6.45, 7) is 4.45. The first-order valence-corrected chi connectivity index (χ1v) is 10.5. The van der Waals surface area contributed by atoms with Crippen molar-refractivity contribution in [1.29, 1.82) is 0 Å². The van der Waals surface area contributed by atoms with Crippen molar-refractivity contribution in [3.63, 3.8) is 0 Å².